The van der Waals surface area contributed by atoms with Crippen molar-refractivity contribution in [1.29, 1.82) is 0 Å². The molecule has 2 aromatic heterocycles. The molecule has 0 saturated carbocycles. The number of aromatic amines is 1. The normalized spacial score (nSPS) is 15.3. The van der Waals surface area contributed by atoms with Gasteiger partial charge in [0.15, 0.2) is 5.82 Å². The van der Waals surface area contributed by atoms with E-state index in [2.05, 4.69) is 74.7 Å². The molecule has 0 radical (unpaired) electrons. The second kappa shape index (κ2) is 8.59. The lowest BCUT2D eigenvalue weighted by Gasteiger charge is -2.31. The second-order valence-electron chi connectivity index (χ2n) is 7.90. The van der Waals surface area contributed by atoms with Crippen LogP contribution in [0.2, 0.25) is 0 Å². The molecular weight excluding hydrogens is 370 g/mol. The first-order valence-electron chi connectivity index (χ1n) is 10.5. The van der Waals surface area contributed by atoms with Crippen LogP contribution in [0.3, 0.4) is 0 Å². The van der Waals surface area contributed by atoms with Crippen molar-refractivity contribution in [3.05, 3.63) is 90.5 Å². The van der Waals surface area contributed by atoms with Gasteiger partial charge in [0.05, 0.1) is 0 Å². The summed E-state index contributed by atoms with van der Waals surface area (Å²) >= 11 is 0. The third-order valence-electron chi connectivity index (χ3n) is 5.86. The molecule has 1 aliphatic heterocycles. The Morgan fingerprint density at radius 1 is 0.833 bits per heavy atom. The minimum atomic E-state index is 0.444. The van der Waals surface area contributed by atoms with E-state index in [4.69, 9.17) is 4.98 Å². The minimum Gasteiger partial charge on any atom is -0.299 e. The Bertz CT molecular complexity index is 1080. The molecule has 4 aromatic rings. The molecular formula is C25H25N5. The molecule has 0 aliphatic carbocycles. The fraction of sp³-hybridized carbons (Fsp3) is 0.240. The molecule has 2 aromatic carbocycles. The molecule has 1 fully saturated rings. The molecule has 1 saturated heterocycles. The summed E-state index contributed by atoms with van der Waals surface area (Å²) in [5.74, 6) is 2.21. The Morgan fingerprint density at radius 3 is 2.40 bits per heavy atom. The Balaban J connectivity index is 1.20. The number of hydrogen-bond acceptors (Lipinski definition) is 4. The number of hydrogen-bond donors (Lipinski definition) is 1. The zero-order valence-corrected chi connectivity index (χ0v) is 16.9. The van der Waals surface area contributed by atoms with Crippen LogP contribution in [0.5, 0.6) is 0 Å². The lowest BCUT2D eigenvalue weighted by Crippen LogP contribution is -2.32. The van der Waals surface area contributed by atoms with Gasteiger partial charge in [-0.15, -0.1) is 0 Å². The SMILES string of the molecule is c1ccc(-c2cccc(CN3CCC(c4nc(-c5ccncc5)n[nH]4)CC3)c2)cc1. The van der Waals surface area contributed by atoms with E-state index in [-0.39, 0.29) is 0 Å². The zero-order chi connectivity index (χ0) is 20.2. The van der Waals surface area contributed by atoms with Gasteiger partial charge in [-0.2, -0.15) is 5.10 Å². The highest BCUT2D eigenvalue weighted by molar-refractivity contribution is 5.63. The number of rotatable bonds is 5. The van der Waals surface area contributed by atoms with Gasteiger partial charge in [0.2, 0.25) is 0 Å². The summed E-state index contributed by atoms with van der Waals surface area (Å²) in [5.41, 5.74) is 4.93. The molecule has 150 valence electrons. The van der Waals surface area contributed by atoms with E-state index in [1.54, 1.807) is 12.4 Å². The number of benzene rings is 2. The predicted molar refractivity (Wildman–Crippen MR) is 119 cm³/mol. The van der Waals surface area contributed by atoms with Gasteiger partial charge in [0.25, 0.3) is 0 Å². The average molecular weight is 396 g/mol. The van der Waals surface area contributed by atoms with E-state index in [0.717, 1.165) is 49.7 Å². The van der Waals surface area contributed by atoms with Gasteiger partial charge in [0.1, 0.15) is 5.82 Å². The first-order valence-corrected chi connectivity index (χ1v) is 10.5. The molecule has 0 unspecified atom stereocenters. The van der Waals surface area contributed by atoms with Crippen molar-refractivity contribution in [3.63, 3.8) is 0 Å². The molecule has 1 aliphatic rings. The van der Waals surface area contributed by atoms with E-state index in [1.165, 1.54) is 16.7 Å². The van der Waals surface area contributed by atoms with Gasteiger partial charge in [0, 0.05) is 30.4 Å². The van der Waals surface area contributed by atoms with E-state index >= 15 is 0 Å². The predicted octanol–water partition coefficient (Wildman–Crippen LogP) is 4.91. The zero-order valence-electron chi connectivity index (χ0n) is 16.9. The minimum absolute atomic E-state index is 0.444. The van der Waals surface area contributed by atoms with E-state index < -0.39 is 0 Å². The number of nitrogens with zero attached hydrogens (tertiary/aromatic N) is 4. The van der Waals surface area contributed by atoms with E-state index in [0.29, 0.717) is 5.92 Å². The number of nitrogens with one attached hydrogen (secondary N) is 1. The molecule has 0 atom stereocenters. The van der Waals surface area contributed by atoms with Crippen molar-refractivity contribution in [3.8, 4) is 22.5 Å². The smallest absolute Gasteiger partial charge is 0.181 e. The molecule has 1 N–H and O–H groups in total. The molecule has 5 heteroatoms. The van der Waals surface area contributed by atoms with Crippen molar-refractivity contribution < 1.29 is 0 Å². The molecule has 5 nitrogen and oxygen atoms in total. The Labute approximate surface area is 176 Å². The molecule has 3 heterocycles. The van der Waals surface area contributed by atoms with Crippen LogP contribution in [0, 0.1) is 0 Å². The summed E-state index contributed by atoms with van der Waals surface area (Å²) < 4.78 is 0. The molecule has 30 heavy (non-hydrogen) atoms. The van der Waals surface area contributed by atoms with Crippen LogP contribution < -0.4 is 0 Å². The highest BCUT2D eigenvalue weighted by Gasteiger charge is 2.23. The standard InChI is InChI=1S/C25H25N5/c1-2-6-20(7-3-1)23-8-4-5-19(17-23)18-30-15-11-22(12-16-30)25-27-24(28-29-25)21-9-13-26-14-10-21/h1-10,13-14,17,22H,11-12,15-16,18H2,(H,27,28,29). The van der Waals surface area contributed by atoms with Crippen LogP contribution in [-0.2, 0) is 6.54 Å². The lowest BCUT2D eigenvalue weighted by atomic mass is 9.95. The first kappa shape index (κ1) is 18.7. The summed E-state index contributed by atoms with van der Waals surface area (Å²) in [7, 11) is 0. The van der Waals surface area contributed by atoms with Crippen LogP contribution in [0.1, 0.15) is 30.1 Å². The monoisotopic (exact) mass is 395 g/mol. The second-order valence-corrected chi connectivity index (χ2v) is 7.90. The van der Waals surface area contributed by atoms with Gasteiger partial charge >= 0.3 is 0 Å². The molecule has 0 bridgehead atoms. The first-order chi connectivity index (χ1) is 14.8. The van der Waals surface area contributed by atoms with Crippen LogP contribution in [0.4, 0.5) is 0 Å². The summed E-state index contributed by atoms with van der Waals surface area (Å²) in [6.45, 7) is 3.14. The number of H-pyrrole nitrogens is 1. The van der Waals surface area contributed by atoms with Crippen molar-refractivity contribution in [1.82, 2.24) is 25.1 Å². The van der Waals surface area contributed by atoms with Crippen molar-refractivity contribution in [2.24, 2.45) is 0 Å². The van der Waals surface area contributed by atoms with E-state index in [9.17, 15) is 0 Å². The fourth-order valence-electron chi connectivity index (χ4n) is 4.19. The Morgan fingerprint density at radius 2 is 1.60 bits per heavy atom. The average Bonchev–Trinajstić information content (AvgIpc) is 3.31. The number of piperidine rings is 1. The summed E-state index contributed by atoms with van der Waals surface area (Å²) in [4.78, 5) is 11.3. The third-order valence-corrected chi connectivity index (χ3v) is 5.86. The van der Waals surface area contributed by atoms with Crippen molar-refractivity contribution in [2.45, 2.75) is 25.3 Å². The number of likely N-dealkylation sites (tertiary alicyclic amines) is 1. The van der Waals surface area contributed by atoms with Gasteiger partial charge in [-0.25, -0.2) is 4.98 Å². The van der Waals surface area contributed by atoms with Crippen LogP contribution in [0.25, 0.3) is 22.5 Å². The largest absolute Gasteiger partial charge is 0.299 e. The van der Waals surface area contributed by atoms with Crippen molar-refractivity contribution in [2.75, 3.05) is 13.1 Å². The number of aromatic nitrogens is 4. The Kier molecular flexibility index (Phi) is 5.36. The van der Waals surface area contributed by atoms with Gasteiger partial charge in [-0.05, 0) is 60.8 Å². The summed E-state index contributed by atoms with van der Waals surface area (Å²) in [6, 6.07) is 23.4. The van der Waals surface area contributed by atoms with Gasteiger partial charge in [-0.3, -0.25) is 15.0 Å². The third kappa shape index (κ3) is 4.16. The molecule has 0 amide bonds. The van der Waals surface area contributed by atoms with Crippen LogP contribution >= 0.6 is 0 Å². The van der Waals surface area contributed by atoms with Crippen LogP contribution in [0.15, 0.2) is 79.1 Å². The maximum Gasteiger partial charge on any atom is 0.181 e. The maximum absolute atomic E-state index is 4.75. The summed E-state index contributed by atoms with van der Waals surface area (Å²) in [6.07, 6.45) is 5.75. The van der Waals surface area contributed by atoms with Crippen LogP contribution in [-0.4, -0.2) is 38.2 Å². The lowest BCUT2D eigenvalue weighted by molar-refractivity contribution is 0.202. The van der Waals surface area contributed by atoms with Crippen molar-refractivity contribution >= 4 is 0 Å². The molecule has 5 rings (SSSR count). The highest BCUT2D eigenvalue weighted by Crippen LogP contribution is 2.28. The summed E-state index contributed by atoms with van der Waals surface area (Å²) in [5, 5.41) is 7.57. The topological polar surface area (TPSA) is 57.7 Å². The number of pyridine rings is 1. The van der Waals surface area contributed by atoms with Gasteiger partial charge < -0.3 is 0 Å². The fourth-order valence-corrected chi connectivity index (χ4v) is 4.19. The Hall–Kier alpha value is -3.31. The van der Waals surface area contributed by atoms with E-state index in [1.807, 2.05) is 12.1 Å². The quantitative estimate of drug-likeness (QED) is 0.521. The maximum atomic E-state index is 4.75. The molecule has 0 spiro atoms. The highest BCUT2D eigenvalue weighted by atomic mass is 15.2. The van der Waals surface area contributed by atoms with Gasteiger partial charge in [-0.1, -0.05) is 48.5 Å².